The molecule has 0 unspecified atom stereocenters. The number of aryl methyl sites for hydroxylation is 1. The molecule has 7 heteroatoms. The average Bonchev–Trinajstić information content (AvgIpc) is 2.59. The van der Waals surface area contributed by atoms with Crippen molar-refractivity contribution >= 4 is 34.7 Å². The summed E-state index contributed by atoms with van der Waals surface area (Å²) in [6.45, 7) is 1.86. The van der Waals surface area contributed by atoms with Crippen molar-refractivity contribution in [1.29, 1.82) is 0 Å². The minimum atomic E-state index is -0.393. The van der Waals surface area contributed by atoms with Crippen LogP contribution in [-0.4, -0.2) is 16.1 Å². The lowest BCUT2D eigenvalue weighted by Gasteiger charge is -2.09. The molecule has 126 valence electrons. The van der Waals surface area contributed by atoms with Gasteiger partial charge in [-0.25, -0.2) is 4.39 Å². The molecule has 1 amide bonds. The van der Waals surface area contributed by atoms with Crippen LogP contribution < -0.4 is 10.6 Å². The number of rotatable bonds is 4. The summed E-state index contributed by atoms with van der Waals surface area (Å²) in [4.78, 5) is 12.3. The van der Waals surface area contributed by atoms with Gasteiger partial charge in [0.15, 0.2) is 11.5 Å². The quantitative estimate of drug-likeness (QED) is 0.718. The summed E-state index contributed by atoms with van der Waals surface area (Å²) in [6, 6.07) is 14.3. The second-order valence-electron chi connectivity index (χ2n) is 5.35. The number of aromatic nitrogens is 2. The third-order valence-electron chi connectivity index (χ3n) is 3.44. The zero-order chi connectivity index (χ0) is 17.8. The molecule has 0 saturated heterocycles. The number of nitrogens with one attached hydrogen (secondary N) is 2. The molecular weight excluding hydrogens is 343 g/mol. The summed E-state index contributed by atoms with van der Waals surface area (Å²) in [5.74, 6) is -0.345. The Labute approximate surface area is 148 Å². The summed E-state index contributed by atoms with van der Waals surface area (Å²) < 4.78 is 13.2. The minimum Gasteiger partial charge on any atom is -0.339 e. The molecule has 0 bridgehead atoms. The maximum atomic E-state index is 13.2. The van der Waals surface area contributed by atoms with Crippen LogP contribution in [0.4, 0.5) is 21.6 Å². The summed E-state index contributed by atoms with van der Waals surface area (Å²) in [7, 11) is 0. The van der Waals surface area contributed by atoms with Crippen molar-refractivity contribution in [3.05, 3.63) is 76.7 Å². The van der Waals surface area contributed by atoms with E-state index in [1.807, 2.05) is 13.0 Å². The first-order chi connectivity index (χ1) is 12.0. The number of hydrogen-bond acceptors (Lipinski definition) is 4. The highest BCUT2D eigenvalue weighted by atomic mass is 35.5. The Balaban J connectivity index is 1.71. The van der Waals surface area contributed by atoms with Crippen molar-refractivity contribution in [3.63, 3.8) is 0 Å². The molecule has 3 rings (SSSR count). The molecule has 0 aliphatic rings. The third-order valence-corrected chi connectivity index (χ3v) is 3.68. The van der Waals surface area contributed by atoms with Gasteiger partial charge in [0.2, 0.25) is 0 Å². The van der Waals surface area contributed by atoms with Gasteiger partial charge in [-0.2, -0.15) is 0 Å². The second kappa shape index (κ2) is 7.27. The van der Waals surface area contributed by atoms with Gasteiger partial charge in [-0.15, -0.1) is 10.2 Å². The molecule has 0 spiro atoms. The molecule has 2 N–H and O–H groups in total. The Morgan fingerprint density at radius 3 is 2.64 bits per heavy atom. The lowest BCUT2D eigenvalue weighted by Crippen LogP contribution is -2.15. The largest absolute Gasteiger partial charge is 0.339 e. The van der Waals surface area contributed by atoms with E-state index in [0.29, 0.717) is 22.2 Å². The number of carbonyl (C=O) groups excluding carboxylic acids is 1. The Bertz CT molecular complexity index is 915. The fourth-order valence-corrected chi connectivity index (χ4v) is 2.32. The van der Waals surface area contributed by atoms with Gasteiger partial charge in [-0.3, -0.25) is 4.79 Å². The topological polar surface area (TPSA) is 66.9 Å². The van der Waals surface area contributed by atoms with E-state index in [2.05, 4.69) is 20.8 Å². The summed E-state index contributed by atoms with van der Waals surface area (Å²) in [6.07, 6.45) is 0. The molecule has 1 aromatic heterocycles. The molecule has 0 aliphatic heterocycles. The first-order valence-corrected chi connectivity index (χ1v) is 7.83. The van der Waals surface area contributed by atoms with Crippen LogP contribution in [0.1, 0.15) is 16.1 Å². The maximum absolute atomic E-state index is 13.2. The van der Waals surface area contributed by atoms with E-state index in [4.69, 9.17) is 11.6 Å². The number of nitrogens with zero attached hydrogens (tertiary/aromatic N) is 2. The summed E-state index contributed by atoms with van der Waals surface area (Å²) >= 11 is 5.94. The Morgan fingerprint density at radius 2 is 1.92 bits per heavy atom. The fourth-order valence-electron chi connectivity index (χ4n) is 2.15. The van der Waals surface area contributed by atoms with Crippen LogP contribution in [0.5, 0.6) is 0 Å². The number of carbonyl (C=O) groups is 1. The van der Waals surface area contributed by atoms with Crippen LogP contribution in [0.15, 0.2) is 54.6 Å². The molecule has 2 aromatic carbocycles. The molecule has 0 atom stereocenters. The zero-order valence-corrected chi connectivity index (χ0v) is 14.0. The number of amides is 1. The van der Waals surface area contributed by atoms with E-state index in [9.17, 15) is 9.18 Å². The highest BCUT2D eigenvalue weighted by molar-refractivity contribution is 6.31. The van der Waals surface area contributed by atoms with E-state index in [-0.39, 0.29) is 11.5 Å². The number of anilines is 3. The smallest absolute Gasteiger partial charge is 0.276 e. The molecule has 0 saturated carbocycles. The van der Waals surface area contributed by atoms with Crippen molar-refractivity contribution in [3.8, 4) is 0 Å². The van der Waals surface area contributed by atoms with Crippen LogP contribution in [0.3, 0.4) is 0 Å². The monoisotopic (exact) mass is 356 g/mol. The normalized spacial score (nSPS) is 10.4. The summed E-state index contributed by atoms with van der Waals surface area (Å²) in [5.41, 5.74) is 2.20. The third kappa shape index (κ3) is 4.30. The van der Waals surface area contributed by atoms with Gasteiger partial charge in [0.05, 0.1) is 0 Å². The lowest BCUT2D eigenvalue weighted by atomic mass is 10.2. The van der Waals surface area contributed by atoms with Gasteiger partial charge in [0, 0.05) is 16.4 Å². The van der Waals surface area contributed by atoms with Gasteiger partial charge in [-0.05, 0) is 55.0 Å². The maximum Gasteiger partial charge on any atom is 0.276 e. The van der Waals surface area contributed by atoms with E-state index < -0.39 is 5.91 Å². The predicted molar refractivity (Wildman–Crippen MR) is 95.9 cm³/mol. The zero-order valence-electron chi connectivity index (χ0n) is 13.3. The Kier molecular flexibility index (Phi) is 4.90. The molecule has 1 heterocycles. The molecule has 25 heavy (non-hydrogen) atoms. The van der Waals surface area contributed by atoms with E-state index in [1.165, 1.54) is 18.2 Å². The average molecular weight is 357 g/mol. The molecule has 0 fully saturated rings. The van der Waals surface area contributed by atoms with Gasteiger partial charge >= 0.3 is 0 Å². The van der Waals surface area contributed by atoms with Crippen molar-refractivity contribution in [1.82, 2.24) is 10.2 Å². The van der Waals surface area contributed by atoms with E-state index >= 15 is 0 Å². The van der Waals surface area contributed by atoms with Crippen molar-refractivity contribution in [2.24, 2.45) is 0 Å². The minimum absolute atomic E-state index is 0.157. The van der Waals surface area contributed by atoms with Gasteiger partial charge in [0.25, 0.3) is 5.91 Å². The SMILES string of the molecule is Cc1ccc(Cl)cc1NC(=O)c1ccc(Nc2cccc(F)c2)nn1. The van der Waals surface area contributed by atoms with Crippen molar-refractivity contribution in [2.45, 2.75) is 6.92 Å². The standard InChI is InChI=1S/C18H14ClFN4O/c1-11-5-6-12(19)9-16(11)22-18(25)15-7-8-17(24-23-15)21-14-4-2-3-13(20)10-14/h2-10H,1H3,(H,21,24)(H,22,25). The van der Waals surface area contributed by atoms with Crippen LogP contribution in [0.25, 0.3) is 0 Å². The lowest BCUT2D eigenvalue weighted by molar-refractivity contribution is 0.102. The number of benzene rings is 2. The van der Waals surface area contributed by atoms with Crippen LogP contribution >= 0.6 is 11.6 Å². The molecule has 3 aromatic rings. The Hall–Kier alpha value is -2.99. The van der Waals surface area contributed by atoms with E-state index in [1.54, 1.807) is 30.3 Å². The molecule has 5 nitrogen and oxygen atoms in total. The number of hydrogen-bond donors (Lipinski definition) is 2. The van der Waals surface area contributed by atoms with Crippen molar-refractivity contribution in [2.75, 3.05) is 10.6 Å². The highest BCUT2D eigenvalue weighted by Crippen LogP contribution is 2.21. The van der Waals surface area contributed by atoms with Gasteiger partial charge in [0.1, 0.15) is 5.82 Å². The van der Waals surface area contributed by atoms with Gasteiger partial charge < -0.3 is 10.6 Å². The van der Waals surface area contributed by atoms with Crippen LogP contribution in [0, 0.1) is 12.7 Å². The van der Waals surface area contributed by atoms with E-state index in [0.717, 1.165) is 5.56 Å². The Morgan fingerprint density at radius 1 is 1.08 bits per heavy atom. The highest BCUT2D eigenvalue weighted by Gasteiger charge is 2.10. The molecule has 0 radical (unpaired) electrons. The van der Waals surface area contributed by atoms with Crippen molar-refractivity contribution < 1.29 is 9.18 Å². The molecular formula is C18H14ClFN4O. The first-order valence-electron chi connectivity index (χ1n) is 7.45. The first kappa shape index (κ1) is 16.9. The number of halogens is 2. The fraction of sp³-hybridized carbons (Fsp3) is 0.0556. The van der Waals surface area contributed by atoms with Crippen LogP contribution in [-0.2, 0) is 0 Å². The summed E-state index contributed by atoms with van der Waals surface area (Å²) in [5, 5.41) is 14.0. The molecule has 0 aliphatic carbocycles. The second-order valence-corrected chi connectivity index (χ2v) is 5.79. The van der Waals surface area contributed by atoms with Gasteiger partial charge in [-0.1, -0.05) is 23.7 Å². The predicted octanol–water partition coefficient (Wildman–Crippen LogP) is 4.57. The van der Waals surface area contributed by atoms with Crippen LogP contribution in [0.2, 0.25) is 5.02 Å².